The molecule has 13 heteroatoms. The maximum atomic E-state index is 15.1. The van der Waals surface area contributed by atoms with Gasteiger partial charge in [-0.1, -0.05) is 10.5 Å². The Morgan fingerprint density at radius 2 is 1.91 bits per heavy atom. The van der Waals surface area contributed by atoms with E-state index in [-0.39, 0.29) is 23.0 Å². The maximum Gasteiger partial charge on any atom is 0.410 e. The molecule has 34 heavy (non-hydrogen) atoms. The summed E-state index contributed by atoms with van der Waals surface area (Å²) >= 11 is 0. The second-order valence-corrected chi connectivity index (χ2v) is 11.8. The minimum atomic E-state index is -2.72. The van der Waals surface area contributed by atoms with Crippen molar-refractivity contribution >= 4 is 34.1 Å². The number of anilines is 1. The number of carboxylic acid groups (broad SMARTS) is 1. The van der Waals surface area contributed by atoms with Gasteiger partial charge < -0.3 is 15.0 Å². The zero-order chi connectivity index (χ0) is 24.9. The van der Waals surface area contributed by atoms with Crippen molar-refractivity contribution in [3.8, 4) is 0 Å². The number of carbonyl (C=O) groups is 2. The Labute approximate surface area is 195 Å². The molecule has 0 aliphatic carbocycles. The van der Waals surface area contributed by atoms with Crippen molar-refractivity contribution in [2.24, 2.45) is 4.99 Å². The number of nitrogens with zero attached hydrogens (tertiary/aromatic N) is 3. The fraction of sp³-hybridized carbons (Fsp3) is 0.381. The van der Waals surface area contributed by atoms with Crippen LogP contribution in [-0.4, -0.2) is 54.0 Å². The van der Waals surface area contributed by atoms with Gasteiger partial charge in [-0.05, 0) is 51.5 Å². The van der Waals surface area contributed by atoms with Crippen LogP contribution in [0.1, 0.15) is 43.4 Å². The van der Waals surface area contributed by atoms with Crippen LogP contribution in [0, 0.1) is 11.6 Å². The maximum absolute atomic E-state index is 15.1. The average Bonchev–Trinajstić information content (AvgIpc) is 3.18. The van der Waals surface area contributed by atoms with Crippen molar-refractivity contribution < 1.29 is 28.0 Å². The third-order valence-corrected chi connectivity index (χ3v) is 10.1. The Bertz CT molecular complexity index is 1190. The van der Waals surface area contributed by atoms with Crippen LogP contribution in [0.25, 0.3) is 0 Å². The highest BCUT2D eigenvalue weighted by atomic mass is 32.3. The molecule has 182 valence electrons. The highest BCUT2D eigenvalue weighted by Crippen LogP contribution is 2.67. The molecular weight excluding hydrogens is 470 g/mol. The van der Waals surface area contributed by atoms with Gasteiger partial charge >= 0.3 is 6.09 Å². The smallest absolute Gasteiger partial charge is 0.410 e. The normalized spacial score (nSPS) is 29.4. The first kappa shape index (κ1) is 24.0. The van der Waals surface area contributed by atoms with E-state index in [9.17, 15) is 23.6 Å². The SMILES string of the molecule is CC1(C)C(NC(=O)O)=N[C@](C)(c2nc(NC(=O)c3ccc(F)cn3)ccc2F)[C@@H]2CCNS21O. The summed E-state index contributed by atoms with van der Waals surface area (Å²) in [5, 5.41) is 13.5. The molecule has 5 N–H and O–H groups in total. The topological polar surface area (TPSA) is 149 Å². The summed E-state index contributed by atoms with van der Waals surface area (Å²) in [6.45, 7) is 5.37. The third kappa shape index (κ3) is 3.79. The van der Waals surface area contributed by atoms with Gasteiger partial charge in [0.05, 0.1) is 16.2 Å². The van der Waals surface area contributed by atoms with Crippen LogP contribution < -0.4 is 15.4 Å². The Kier molecular flexibility index (Phi) is 5.82. The predicted molar refractivity (Wildman–Crippen MR) is 123 cm³/mol. The van der Waals surface area contributed by atoms with Crippen molar-refractivity contribution in [3.05, 3.63) is 53.5 Å². The molecule has 0 bridgehead atoms. The van der Waals surface area contributed by atoms with Gasteiger partial charge in [-0.15, -0.1) is 0 Å². The van der Waals surface area contributed by atoms with Gasteiger partial charge in [0, 0.05) is 6.54 Å². The average molecular weight is 495 g/mol. The second-order valence-electron chi connectivity index (χ2n) is 8.69. The number of amidine groups is 1. The zero-order valence-electron chi connectivity index (χ0n) is 18.6. The van der Waals surface area contributed by atoms with E-state index in [0.29, 0.717) is 13.0 Å². The molecule has 2 aromatic heterocycles. The van der Waals surface area contributed by atoms with E-state index < -0.39 is 49.7 Å². The van der Waals surface area contributed by atoms with Crippen molar-refractivity contribution in [2.45, 2.75) is 42.7 Å². The summed E-state index contributed by atoms with van der Waals surface area (Å²) in [7, 11) is -2.72. The Hall–Kier alpha value is -3.16. The van der Waals surface area contributed by atoms with E-state index in [1.54, 1.807) is 20.8 Å². The molecule has 0 saturated carbocycles. The largest absolute Gasteiger partial charge is 0.465 e. The van der Waals surface area contributed by atoms with Gasteiger partial charge in [0.15, 0.2) is 0 Å². The lowest BCUT2D eigenvalue weighted by Gasteiger charge is -2.56. The molecule has 3 atom stereocenters. The summed E-state index contributed by atoms with van der Waals surface area (Å²) in [6, 6.07) is 4.64. The first-order chi connectivity index (χ1) is 15.9. The standard InChI is InChI=1S/C21H24F2N6O4S/c1-20(2)18(28-19(31)32)29-21(3,14-8-9-25-34(14,20)33)16-12(23)5-7-15(26-16)27-17(30)13-6-4-11(22)10-24-13/h4-7,10,14,25,33H,8-9H2,1-3H3,(H,28,29)(H,31,32)(H,26,27,30)/t14-,21-/m0/s1. The molecule has 1 fully saturated rings. The molecule has 0 radical (unpaired) electrons. The number of hydrogen-bond donors (Lipinski definition) is 5. The van der Waals surface area contributed by atoms with Crippen molar-refractivity contribution in [3.63, 3.8) is 0 Å². The number of rotatable bonds is 3. The lowest BCUT2D eigenvalue weighted by atomic mass is 9.89. The van der Waals surface area contributed by atoms with Gasteiger partial charge in [0.1, 0.15) is 40.2 Å². The van der Waals surface area contributed by atoms with Crippen LogP contribution in [0.15, 0.2) is 35.5 Å². The molecule has 4 rings (SSSR count). The zero-order valence-corrected chi connectivity index (χ0v) is 19.4. The molecule has 2 aliphatic rings. The quantitative estimate of drug-likeness (QED) is 0.440. The molecular formula is C21H24F2N6O4S. The van der Waals surface area contributed by atoms with E-state index in [0.717, 1.165) is 18.3 Å². The van der Waals surface area contributed by atoms with Crippen LogP contribution in [0.2, 0.25) is 0 Å². The van der Waals surface area contributed by atoms with Crippen molar-refractivity contribution in [2.75, 3.05) is 11.9 Å². The fourth-order valence-electron chi connectivity index (χ4n) is 4.39. The van der Waals surface area contributed by atoms with E-state index in [1.807, 2.05) is 0 Å². The molecule has 0 aromatic carbocycles. The Morgan fingerprint density at radius 3 is 2.56 bits per heavy atom. The summed E-state index contributed by atoms with van der Waals surface area (Å²) in [4.78, 5) is 36.5. The number of pyridine rings is 2. The second kappa shape index (κ2) is 8.25. The van der Waals surface area contributed by atoms with E-state index in [4.69, 9.17) is 0 Å². The summed E-state index contributed by atoms with van der Waals surface area (Å²) in [6.07, 6.45) is -0.0202. The van der Waals surface area contributed by atoms with E-state index in [2.05, 4.69) is 30.3 Å². The summed E-state index contributed by atoms with van der Waals surface area (Å²) < 4.78 is 42.0. The van der Waals surface area contributed by atoms with Crippen LogP contribution in [0.3, 0.4) is 0 Å². The highest BCUT2D eigenvalue weighted by Gasteiger charge is 2.62. The highest BCUT2D eigenvalue weighted by molar-refractivity contribution is 8.29. The first-order valence-electron chi connectivity index (χ1n) is 10.4. The number of fused-ring (bicyclic) bond motifs is 1. The molecule has 1 unspecified atom stereocenters. The number of carbonyl (C=O) groups excluding carboxylic acids is 1. The predicted octanol–water partition coefficient (Wildman–Crippen LogP) is 3.24. The minimum absolute atomic E-state index is 0.00831. The first-order valence-corrected chi connectivity index (χ1v) is 12.0. The number of aromatic nitrogens is 2. The van der Waals surface area contributed by atoms with Gasteiger partial charge in [-0.2, -0.15) is 0 Å². The van der Waals surface area contributed by atoms with Gasteiger partial charge in [-0.25, -0.2) is 23.5 Å². The van der Waals surface area contributed by atoms with E-state index in [1.165, 1.54) is 12.1 Å². The van der Waals surface area contributed by atoms with Crippen molar-refractivity contribution in [1.29, 1.82) is 0 Å². The molecule has 2 aromatic rings. The van der Waals surface area contributed by atoms with Crippen LogP contribution in [0.5, 0.6) is 0 Å². The van der Waals surface area contributed by atoms with Gasteiger partial charge in [-0.3, -0.25) is 19.8 Å². The van der Waals surface area contributed by atoms with Crippen molar-refractivity contribution in [1.82, 2.24) is 20.0 Å². The van der Waals surface area contributed by atoms with Gasteiger partial charge in [0.2, 0.25) is 0 Å². The van der Waals surface area contributed by atoms with Crippen LogP contribution in [0.4, 0.5) is 19.4 Å². The number of nitrogens with one attached hydrogen (secondary N) is 3. The van der Waals surface area contributed by atoms with Gasteiger partial charge in [0.25, 0.3) is 5.91 Å². The lowest BCUT2D eigenvalue weighted by Crippen LogP contribution is -2.59. The third-order valence-electron chi connectivity index (χ3n) is 6.21. The summed E-state index contributed by atoms with van der Waals surface area (Å²) in [5.74, 6) is -2.04. The molecule has 1 saturated heterocycles. The molecule has 2 aliphatic heterocycles. The van der Waals surface area contributed by atoms with E-state index >= 15 is 4.39 Å². The Morgan fingerprint density at radius 1 is 1.18 bits per heavy atom. The number of halogens is 2. The number of hydrogen-bond acceptors (Lipinski definition) is 7. The molecule has 10 nitrogen and oxygen atoms in total. The summed E-state index contributed by atoms with van der Waals surface area (Å²) in [5.41, 5.74) is -1.67. The van der Waals surface area contributed by atoms with Crippen LogP contribution in [-0.2, 0) is 5.54 Å². The fourth-order valence-corrected chi connectivity index (χ4v) is 7.78. The number of amides is 2. The molecule has 2 amide bonds. The Balaban J connectivity index is 1.78. The molecule has 0 spiro atoms. The molecule has 4 heterocycles. The monoisotopic (exact) mass is 494 g/mol. The number of aliphatic imine (C=N–C) groups is 1. The van der Waals surface area contributed by atoms with Crippen LogP contribution >= 0.6 is 10.5 Å². The lowest BCUT2D eigenvalue weighted by molar-refractivity contribution is 0.102. The minimum Gasteiger partial charge on any atom is -0.465 e.